The van der Waals surface area contributed by atoms with Gasteiger partial charge in [0.25, 0.3) is 0 Å². The van der Waals surface area contributed by atoms with Gasteiger partial charge < -0.3 is 5.32 Å². The molecule has 0 radical (unpaired) electrons. The van der Waals surface area contributed by atoms with Crippen molar-refractivity contribution in [2.45, 2.75) is 19.1 Å². The zero-order valence-electron chi connectivity index (χ0n) is 10.3. The lowest BCUT2D eigenvalue weighted by atomic mass is 10.1. The van der Waals surface area contributed by atoms with Crippen LogP contribution in [-0.4, -0.2) is 18.2 Å². The molecule has 0 aliphatic heterocycles. The molecule has 102 valence electrons. The van der Waals surface area contributed by atoms with E-state index in [4.69, 9.17) is 0 Å². The van der Waals surface area contributed by atoms with Gasteiger partial charge in [0.2, 0.25) is 0 Å². The van der Waals surface area contributed by atoms with E-state index in [1.807, 2.05) is 30.3 Å². The molecule has 0 unspecified atom stereocenters. The standard InChI is InChI=1S/C13H13F3N2S/c1-17-8-10-12(9-5-3-2-4-6-9)18-11(19-10)7-13(14,15)16/h2-6,17H,7-8H2,1H3. The minimum atomic E-state index is -4.22. The fourth-order valence-electron chi connectivity index (χ4n) is 1.75. The van der Waals surface area contributed by atoms with Crippen molar-refractivity contribution in [2.75, 3.05) is 7.05 Å². The summed E-state index contributed by atoms with van der Waals surface area (Å²) < 4.78 is 37.3. The van der Waals surface area contributed by atoms with Gasteiger partial charge >= 0.3 is 6.18 Å². The van der Waals surface area contributed by atoms with Crippen LogP contribution in [0.15, 0.2) is 30.3 Å². The Morgan fingerprint density at radius 2 is 1.89 bits per heavy atom. The highest BCUT2D eigenvalue weighted by Gasteiger charge is 2.30. The Morgan fingerprint density at radius 1 is 1.21 bits per heavy atom. The van der Waals surface area contributed by atoms with E-state index >= 15 is 0 Å². The van der Waals surface area contributed by atoms with Gasteiger partial charge in [-0.15, -0.1) is 11.3 Å². The molecule has 0 aliphatic carbocycles. The highest BCUT2D eigenvalue weighted by molar-refractivity contribution is 7.12. The van der Waals surface area contributed by atoms with E-state index in [1.165, 1.54) is 0 Å². The number of halogens is 3. The van der Waals surface area contributed by atoms with Crippen molar-refractivity contribution in [3.63, 3.8) is 0 Å². The molecule has 2 nitrogen and oxygen atoms in total. The second kappa shape index (κ2) is 5.71. The Balaban J connectivity index is 2.36. The van der Waals surface area contributed by atoms with E-state index in [0.29, 0.717) is 12.2 Å². The molecule has 0 atom stereocenters. The number of benzene rings is 1. The van der Waals surface area contributed by atoms with E-state index in [1.54, 1.807) is 7.05 Å². The van der Waals surface area contributed by atoms with Crippen LogP contribution in [0.25, 0.3) is 11.3 Å². The second-order valence-electron chi connectivity index (χ2n) is 4.07. The molecule has 1 aromatic heterocycles. The Morgan fingerprint density at radius 3 is 2.47 bits per heavy atom. The van der Waals surface area contributed by atoms with Gasteiger partial charge in [0.15, 0.2) is 0 Å². The van der Waals surface area contributed by atoms with Gasteiger partial charge in [-0.25, -0.2) is 4.98 Å². The minimum absolute atomic E-state index is 0.108. The van der Waals surface area contributed by atoms with E-state index in [2.05, 4.69) is 10.3 Å². The summed E-state index contributed by atoms with van der Waals surface area (Å²) in [7, 11) is 1.76. The van der Waals surface area contributed by atoms with Gasteiger partial charge in [0.05, 0.1) is 12.1 Å². The molecule has 0 saturated heterocycles. The summed E-state index contributed by atoms with van der Waals surface area (Å²) in [5, 5.41) is 3.07. The van der Waals surface area contributed by atoms with Crippen molar-refractivity contribution in [1.82, 2.24) is 10.3 Å². The predicted molar refractivity (Wildman–Crippen MR) is 70.1 cm³/mol. The SMILES string of the molecule is CNCc1sc(CC(F)(F)F)nc1-c1ccccc1. The van der Waals surface area contributed by atoms with E-state index in [0.717, 1.165) is 21.8 Å². The maximum atomic E-state index is 12.4. The molecule has 1 aromatic carbocycles. The molecular formula is C13H13F3N2S. The van der Waals surface area contributed by atoms with E-state index < -0.39 is 12.6 Å². The highest BCUT2D eigenvalue weighted by atomic mass is 32.1. The topological polar surface area (TPSA) is 24.9 Å². The minimum Gasteiger partial charge on any atom is -0.315 e. The third-order valence-corrected chi connectivity index (χ3v) is 3.53. The van der Waals surface area contributed by atoms with Crippen molar-refractivity contribution >= 4 is 11.3 Å². The Bertz CT molecular complexity index is 535. The average Bonchev–Trinajstić information content (AvgIpc) is 2.71. The largest absolute Gasteiger partial charge is 0.395 e. The Kier molecular flexibility index (Phi) is 4.21. The van der Waals surface area contributed by atoms with Crippen molar-refractivity contribution < 1.29 is 13.2 Å². The van der Waals surface area contributed by atoms with Crippen LogP contribution in [0.2, 0.25) is 0 Å². The first-order valence-electron chi connectivity index (χ1n) is 5.75. The summed E-state index contributed by atoms with van der Waals surface area (Å²) in [6, 6.07) is 9.27. The lowest BCUT2D eigenvalue weighted by molar-refractivity contribution is -0.127. The van der Waals surface area contributed by atoms with Crippen LogP contribution >= 0.6 is 11.3 Å². The normalized spacial score (nSPS) is 11.8. The molecular weight excluding hydrogens is 273 g/mol. The van der Waals surface area contributed by atoms with Crippen molar-refractivity contribution in [1.29, 1.82) is 0 Å². The summed E-state index contributed by atoms with van der Waals surface area (Å²) in [5.74, 6) is 0. The maximum absolute atomic E-state index is 12.4. The molecule has 1 heterocycles. The van der Waals surface area contributed by atoms with Gasteiger partial charge in [-0.3, -0.25) is 0 Å². The van der Waals surface area contributed by atoms with Gasteiger partial charge in [-0.1, -0.05) is 30.3 Å². The molecule has 0 amide bonds. The van der Waals surface area contributed by atoms with Gasteiger partial charge in [-0.2, -0.15) is 13.2 Å². The monoisotopic (exact) mass is 286 g/mol. The van der Waals surface area contributed by atoms with Crippen LogP contribution in [0.3, 0.4) is 0 Å². The number of hydrogen-bond acceptors (Lipinski definition) is 3. The number of rotatable bonds is 4. The first-order valence-corrected chi connectivity index (χ1v) is 6.56. The van der Waals surface area contributed by atoms with Crippen LogP contribution < -0.4 is 5.32 Å². The summed E-state index contributed by atoms with van der Waals surface area (Å²) in [5.41, 5.74) is 1.48. The molecule has 0 bridgehead atoms. The highest BCUT2D eigenvalue weighted by Crippen LogP contribution is 2.31. The molecule has 2 aromatic rings. The predicted octanol–water partition coefficient (Wildman–Crippen LogP) is 3.63. The van der Waals surface area contributed by atoms with Crippen LogP contribution in [0, 0.1) is 0 Å². The Labute approximate surface area is 113 Å². The number of nitrogens with one attached hydrogen (secondary N) is 1. The maximum Gasteiger partial charge on any atom is 0.395 e. The first-order chi connectivity index (χ1) is 8.99. The molecule has 19 heavy (non-hydrogen) atoms. The Hall–Kier alpha value is -1.40. The smallest absolute Gasteiger partial charge is 0.315 e. The molecule has 0 aliphatic rings. The number of nitrogens with zero attached hydrogens (tertiary/aromatic N) is 1. The van der Waals surface area contributed by atoms with Crippen LogP contribution in [0.4, 0.5) is 13.2 Å². The third-order valence-electron chi connectivity index (χ3n) is 2.48. The molecule has 1 N–H and O–H groups in total. The molecule has 0 spiro atoms. The van der Waals surface area contributed by atoms with Crippen LogP contribution in [0.1, 0.15) is 9.88 Å². The van der Waals surface area contributed by atoms with Crippen molar-refractivity contribution in [2.24, 2.45) is 0 Å². The summed E-state index contributed by atoms with van der Waals surface area (Å²) in [4.78, 5) is 4.97. The fourth-order valence-corrected chi connectivity index (χ4v) is 2.88. The van der Waals surface area contributed by atoms with Crippen molar-refractivity contribution in [3.8, 4) is 11.3 Å². The first kappa shape index (κ1) is 14.0. The summed E-state index contributed by atoms with van der Waals surface area (Å²) >= 11 is 1.11. The second-order valence-corrected chi connectivity index (χ2v) is 5.24. The summed E-state index contributed by atoms with van der Waals surface area (Å²) in [6.07, 6.45) is -5.19. The number of aromatic nitrogens is 1. The molecule has 0 saturated carbocycles. The number of thiazole rings is 1. The summed E-state index contributed by atoms with van der Waals surface area (Å²) in [6.45, 7) is 0.514. The fraction of sp³-hybridized carbons (Fsp3) is 0.308. The van der Waals surface area contributed by atoms with Crippen molar-refractivity contribution in [3.05, 3.63) is 40.2 Å². The van der Waals surface area contributed by atoms with E-state index in [9.17, 15) is 13.2 Å². The van der Waals surface area contributed by atoms with Gasteiger partial charge in [-0.05, 0) is 7.05 Å². The third kappa shape index (κ3) is 3.78. The number of hydrogen-bond donors (Lipinski definition) is 1. The van der Waals surface area contributed by atoms with Gasteiger partial charge in [0, 0.05) is 17.0 Å². The number of alkyl halides is 3. The molecule has 2 rings (SSSR count). The average molecular weight is 286 g/mol. The van der Waals surface area contributed by atoms with E-state index in [-0.39, 0.29) is 5.01 Å². The quantitative estimate of drug-likeness (QED) is 0.928. The zero-order chi connectivity index (χ0) is 13.9. The lowest BCUT2D eigenvalue weighted by Crippen LogP contribution is -2.11. The lowest BCUT2D eigenvalue weighted by Gasteiger charge is -2.01. The van der Waals surface area contributed by atoms with Crippen LogP contribution in [-0.2, 0) is 13.0 Å². The zero-order valence-corrected chi connectivity index (χ0v) is 11.1. The molecule has 0 fully saturated rings. The molecule has 6 heteroatoms. The van der Waals surface area contributed by atoms with Crippen LogP contribution in [0.5, 0.6) is 0 Å². The van der Waals surface area contributed by atoms with Gasteiger partial charge in [0.1, 0.15) is 5.01 Å².